The van der Waals surface area contributed by atoms with Gasteiger partial charge >= 0.3 is 0 Å². The number of rotatable bonds is 3. The first kappa shape index (κ1) is 13.3. The molecule has 1 unspecified atom stereocenters. The Morgan fingerprint density at radius 1 is 1.45 bits per heavy atom. The van der Waals surface area contributed by atoms with E-state index in [2.05, 4.69) is 0 Å². The van der Waals surface area contributed by atoms with Gasteiger partial charge in [-0.1, -0.05) is 23.8 Å². The number of hydroxylamine groups is 1. The average molecular weight is 275 g/mol. The molecule has 0 heterocycles. The van der Waals surface area contributed by atoms with Crippen molar-refractivity contribution in [3.05, 3.63) is 46.8 Å². The van der Waals surface area contributed by atoms with Crippen LogP contribution in [0.15, 0.2) is 29.8 Å². The molecular formula is C16H18FNO2. The molecular weight excluding hydrogens is 257 g/mol. The average Bonchev–Trinajstić information content (AvgIpc) is 3.21. The highest BCUT2D eigenvalue weighted by Gasteiger charge is 2.45. The summed E-state index contributed by atoms with van der Waals surface area (Å²) in [6.45, 7) is 1.68. The SMILES string of the molecule is Cc1c(F)cccc1C1(C(=O)NO)C=C(C2CC2)CC1. The van der Waals surface area contributed by atoms with Gasteiger partial charge in [-0.25, -0.2) is 9.87 Å². The second-order valence-corrected chi connectivity index (χ2v) is 5.82. The van der Waals surface area contributed by atoms with E-state index in [1.54, 1.807) is 24.5 Å². The van der Waals surface area contributed by atoms with Crippen LogP contribution in [-0.4, -0.2) is 11.1 Å². The van der Waals surface area contributed by atoms with Crippen molar-refractivity contribution < 1.29 is 14.4 Å². The lowest BCUT2D eigenvalue weighted by Crippen LogP contribution is -2.41. The summed E-state index contributed by atoms with van der Waals surface area (Å²) in [5.74, 6) is -0.208. The van der Waals surface area contributed by atoms with Crippen molar-refractivity contribution in [1.82, 2.24) is 5.48 Å². The van der Waals surface area contributed by atoms with Crippen LogP contribution in [0.1, 0.15) is 36.8 Å². The van der Waals surface area contributed by atoms with Crippen LogP contribution in [0, 0.1) is 18.7 Å². The molecule has 2 aliphatic rings. The highest BCUT2D eigenvalue weighted by atomic mass is 19.1. The van der Waals surface area contributed by atoms with Crippen molar-refractivity contribution in [2.75, 3.05) is 0 Å². The number of carbonyl (C=O) groups excluding carboxylic acids is 1. The molecule has 0 spiro atoms. The van der Waals surface area contributed by atoms with E-state index in [1.165, 1.54) is 24.5 Å². The van der Waals surface area contributed by atoms with Crippen molar-refractivity contribution in [3.8, 4) is 0 Å². The van der Waals surface area contributed by atoms with Gasteiger partial charge in [-0.3, -0.25) is 10.0 Å². The van der Waals surface area contributed by atoms with Crippen molar-refractivity contribution in [2.24, 2.45) is 5.92 Å². The van der Waals surface area contributed by atoms with E-state index < -0.39 is 11.3 Å². The van der Waals surface area contributed by atoms with Gasteiger partial charge in [-0.15, -0.1) is 0 Å². The van der Waals surface area contributed by atoms with Crippen LogP contribution >= 0.6 is 0 Å². The lowest BCUT2D eigenvalue weighted by Gasteiger charge is -2.27. The van der Waals surface area contributed by atoms with Crippen LogP contribution in [0.4, 0.5) is 4.39 Å². The number of hydrogen-bond acceptors (Lipinski definition) is 2. The molecule has 20 heavy (non-hydrogen) atoms. The van der Waals surface area contributed by atoms with Crippen LogP contribution in [0.2, 0.25) is 0 Å². The largest absolute Gasteiger partial charge is 0.289 e. The van der Waals surface area contributed by atoms with E-state index in [0.29, 0.717) is 23.5 Å². The Hall–Kier alpha value is -1.68. The summed E-state index contributed by atoms with van der Waals surface area (Å²) in [4.78, 5) is 12.3. The molecule has 1 aromatic rings. The molecule has 0 aromatic heterocycles. The van der Waals surface area contributed by atoms with Gasteiger partial charge in [0.25, 0.3) is 5.91 Å². The first-order valence-electron chi connectivity index (χ1n) is 7.00. The minimum Gasteiger partial charge on any atom is -0.289 e. The predicted molar refractivity (Wildman–Crippen MR) is 72.8 cm³/mol. The fourth-order valence-electron chi connectivity index (χ4n) is 3.28. The highest BCUT2D eigenvalue weighted by molar-refractivity contribution is 5.91. The Labute approximate surface area is 117 Å². The number of nitrogens with one attached hydrogen (secondary N) is 1. The first-order chi connectivity index (χ1) is 9.58. The Balaban J connectivity index is 2.12. The monoisotopic (exact) mass is 275 g/mol. The molecule has 3 nitrogen and oxygen atoms in total. The van der Waals surface area contributed by atoms with Crippen molar-refractivity contribution in [2.45, 2.75) is 38.0 Å². The number of allylic oxidation sites excluding steroid dienone is 1. The third-order valence-electron chi connectivity index (χ3n) is 4.60. The van der Waals surface area contributed by atoms with E-state index in [0.717, 1.165) is 6.42 Å². The third kappa shape index (κ3) is 1.95. The number of amides is 1. The number of carbonyl (C=O) groups is 1. The van der Waals surface area contributed by atoms with Gasteiger partial charge in [-0.05, 0) is 55.7 Å². The molecule has 4 heteroatoms. The maximum absolute atomic E-state index is 13.8. The zero-order valence-electron chi connectivity index (χ0n) is 11.4. The van der Waals surface area contributed by atoms with Gasteiger partial charge in [0.2, 0.25) is 0 Å². The van der Waals surface area contributed by atoms with Crippen LogP contribution in [0.5, 0.6) is 0 Å². The maximum atomic E-state index is 13.8. The van der Waals surface area contributed by atoms with Crippen molar-refractivity contribution >= 4 is 5.91 Å². The van der Waals surface area contributed by atoms with E-state index in [1.807, 2.05) is 6.08 Å². The molecule has 1 amide bonds. The summed E-state index contributed by atoms with van der Waals surface area (Å²) in [5, 5.41) is 9.10. The molecule has 0 saturated heterocycles. The molecule has 106 valence electrons. The topological polar surface area (TPSA) is 49.3 Å². The summed E-state index contributed by atoms with van der Waals surface area (Å²) in [5.41, 5.74) is 3.24. The number of halogens is 1. The third-order valence-corrected chi connectivity index (χ3v) is 4.60. The number of hydrogen-bond donors (Lipinski definition) is 2. The normalized spacial score (nSPS) is 25.4. The summed E-state index contributed by atoms with van der Waals surface area (Å²) in [6, 6.07) is 4.79. The summed E-state index contributed by atoms with van der Waals surface area (Å²) < 4.78 is 13.8. The Kier molecular flexibility index (Phi) is 3.13. The van der Waals surface area contributed by atoms with E-state index in [9.17, 15) is 9.18 Å². The van der Waals surface area contributed by atoms with Crippen LogP contribution in [0.3, 0.4) is 0 Å². The van der Waals surface area contributed by atoms with Gasteiger partial charge in [0.1, 0.15) is 5.82 Å². The zero-order valence-corrected chi connectivity index (χ0v) is 11.4. The molecule has 0 radical (unpaired) electrons. The summed E-state index contributed by atoms with van der Waals surface area (Å²) in [6.07, 6.45) is 5.73. The zero-order chi connectivity index (χ0) is 14.3. The lowest BCUT2D eigenvalue weighted by molar-refractivity contribution is -0.133. The molecule has 2 N–H and O–H groups in total. The van der Waals surface area contributed by atoms with E-state index in [-0.39, 0.29) is 5.82 Å². The first-order valence-corrected chi connectivity index (χ1v) is 7.00. The van der Waals surface area contributed by atoms with Crippen molar-refractivity contribution in [1.29, 1.82) is 0 Å². The van der Waals surface area contributed by atoms with E-state index in [4.69, 9.17) is 5.21 Å². The smallest absolute Gasteiger partial charge is 0.257 e. The van der Waals surface area contributed by atoms with Gasteiger partial charge in [0.05, 0.1) is 5.41 Å². The Bertz CT molecular complexity index is 592. The van der Waals surface area contributed by atoms with Crippen LogP contribution in [-0.2, 0) is 10.2 Å². The van der Waals surface area contributed by atoms with Gasteiger partial charge in [0.15, 0.2) is 0 Å². The maximum Gasteiger partial charge on any atom is 0.257 e. The fraction of sp³-hybridized carbons (Fsp3) is 0.438. The molecule has 2 aliphatic carbocycles. The standard InChI is InChI=1S/C16H18FNO2/c1-10-13(3-2-4-14(10)17)16(15(19)18-20)8-7-12(9-16)11-5-6-11/h2-4,9,11,20H,5-8H2,1H3,(H,18,19). The molecule has 3 rings (SSSR count). The molecule has 1 saturated carbocycles. The summed E-state index contributed by atoms with van der Waals surface area (Å²) >= 11 is 0. The quantitative estimate of drug-likeness (QED) is 0.506. The van der Waals surface area contributed by atoms with Gasteiger partial charge < -0.3 is 0 Å². The fourth-order valence-corrected chi connectivity index (χ4v) is 3.28. The number of benzene rings is 1. The molecule has 0 bridgehead atoms. The Morgan fingerprint density at radius 3 is 2.85 bits per heavy atom. The Morgan fingerprint density at radius 2 is 2.20 bits per heavy atom. The molecule has 1 fully saturated rings. The molecule has 0 aliphatic heterocycles. The minimum absolute atomic E-state index is 0.319. The molecule has 1 atom stereocenters. The van der Waals surface area contributed by atoms with Gasteiger partial charge in [0, 0.05) is 0 Å². The minimum atomic E-state index is -0.932. The van der Waals surface area contributed by atoms with E-state index >= 15 is 0 Å². The summed E-state index contributed by atoms with van der Waals surface area (Å²) in [7, 11) is 0. The van der Waals surface area contributed by atoms with Crippen molar-refractivity contribution in [3.63, 3.8) is 0 Å². The van der Waals surface area contributed by atoms with Crippen LogP contribution in [0.25, 0.3) is 0 Å². The lowest BCUT2D eigenvalue weighted by atomic mass is 9.77. The second-order valence-electron chi connectivity index (χ2n) is 5.82. The highest BCUT2D eigenvalue weighted by Crippen LogP contribution is 2.49. The van der Waals surface area contributed by atoms with Gasteiger partial charge in [-0.2, -0.15) is 0 Å². The molecule has 1 aromatic carbocycles. The van der Waals surface area contributed by atoms with Crippen LogP contribution < -0.4 is 5.48 Å². The second kappa shape index (κ2) is 4.70. The predicted octanol–water partition coefficient (Wildman–Crippen LogP) is 3.01.